The maximum absolute atomic E-state index is 9.77. The minimum absolute atomic E-state index is 0.264. The lowest BCUT2D eigenvalue weighted by Gasteiger charge is -2.13. The highest BCUT2D eigenvalue weighted by molar-refractivity contribution is 4.97. The lowest BCUT2D eigenvalue weighted by Crippen LogP contribution is -2.36. The van der Waals surface area contributed by atoms with E-state index in [1.54, 1.807) is 6.08 Å². The lowest BCUT2D eigenvalue weighted by atomic mass is 10.0. The molecule has 3 atom stereocenters. The van der Waals surface area contributed by atoms with Gasteiger partial charge in [-0.15, -0.1) is 0 Å². The van der Waals surface area contributed by atoms with Crippen molar-refractivity contribution in [2.45, 2.75) is 95.8 Å². The number of hydrogen-bond acceptors (Lipinski definition) is 4. The van der Waals surface area contributed by atoms with Gasteiger partial charge < -0.3 is 21.1 Å². The molecule has 1 unspecified atom stereocenters. The SMILES string of the molecule is CCCCCCCCCCCCC(O)/C=C/[C@@H](O)[C@@H](N)CO. The second-order valence-corrected chi connectivity index (χ2v) is 6.26. The molecule has 0 radical (unpaired) electrons. The Morgan fingerprint density at radius 1 is 0.818 bits per heavy atom. The van der Waals surface area contributed by atoms with Crippen LogP contribution >= 0.6 is 0 Å². The molecule has 0 bridgehead atoms. The molecule has 0 saturated carbocycles. The molecule has 0 fully saturated rings. The zero-order chi connectivity index (χ0) is 16.6. The van der Waals surface area contributed by atoms with E-state index in [-0.39, 0.29) is 6.61 Å². The highest BCUT2D eigenvalue weighted by Crippen LogP contribution is 2.12. The van der Waals surface area contributed by atoms with Gasteiger partial charge >= 0.3 is 0 Å². The van der Waals surface area contributed by atoms with Crippen LogP contribution in [-0.2, 0) is 0 Å². The second-order valence-electron chi connectivity index (χ2n) is 6.26. The van der Waals surface area contributed by atoms with Crippen LogP contribution in [0.2, 0.25) is 0 Å². The summed E-state index contributed by atoms with van der Waals surface area (Å²) in [6, 6.07) is -0.680. The second kappa shape index (κ2) is 15.5. The predicted molar refractivity (Wildman–Crippen MR) is 92.7 cm³/mol. The van der Waals surface area contributed by atoms with Gasteiger partial charge in [0, 0.05) is 0 Å². The molecule has 0 aliphatic heterocycles. The Labute approximate surface area is 136 Å². The van der Waals surface area contributed by atoms with Crippen LogP contribution in [0.4, 0.5) is 0 Å². The predicted octanol–water partition coefficient (Wildman–Crippen LogP) is 2.90. The number of nitrogens with two attached hydrogens (primary N) is 1. The van der Waals surface area contributed by atoms with Crippen molar-refractivity contribution in [2.75, 3.05) is 6.61 Å². The normalized spacial score (nSPS) is 16.0. The Morgan fingerprint density at radius 3 is 1.82 bits per heavy atom. The van der Waals surface area contributed by atoms with E-state index in [1.165, 1.54) is 57.4 Å². The first-order valence-corrected chi connectivity index (χ1v) is 9.02. The van der Waals surface area contributed by atoms with Crippen molar-refractivity contribution in [3.05, 3.63) is 12.2 Å². The monoisotopic (exact) mass is 315 g/mol. The van der Waals surface area contributed by atoms with Crippen molar-refractivity contribution in [3.8, 4) is 0 Å². The fraction of sp³-hybridized carbons (Fsp3) is 0.889. The molecule has 0 aliphatic rings. The smallest absolute Gasteiger partial charge is 0.0895 e. The van der Waals surface area contributed by atoms with Gasteiger partial charge in [0.05, 0.1) is 24.9 Å². The van der Waals surface area contributed by atoms with E-state index in [9.17, 15) is 10.2 Å². The first kappa shape index (κ1) is 21.6. The van der Waals surface area contributed by atoms with Gasteiger partial charge in [-0.05, 0) is 6.42 Å². The third-order valence-electron chi connectivity index (χ3n) is 4.03. The number of unbranched alkanes of at least 4 members (excludes halogenated alkanes) is 9. The van der Waals surface area contributed by atoms with Crippen molar-refractivity contribution >= 4 is 0 Å². The van der Waals surface area contributed by atoms with E-state index in [4.69, 9.17) is 10.8 Å². The molecular weight excluding hydrogens is 278 g/mol. The van der Waals surface area contributed by atoms with E-state index in [0.717, 1.165) is 12.8 Å². The first-order chi connectivity index (χ1) is 10.6. The molecule has 0 aromatic carbocycles. The summed E-state index contributed by atoms with van der Waals surface area (Å²) >= 11 is 0. The molecule has 0 aliphatic carbocycles. The van der Waals surface area contributed by atoms with Crippen molar-refractivity contribution in [3.63, 3.8) is 0 Å². The highest BCUT2D eigenvalue weighted by Gasteiger charge is 2.10. The maximum Gasteiger partial charge on any atom is 0.0895 e. The van der Waals surface area contributed by atoms with Crippen LogP contribution in [0.25, 0.3) is 0 Å². The van der Waals surface area contributed by atoms with Gasteiger partial charge in [-0.1, -0.05) is 83.3 Å². The van der Waals surface area contributed by atoms with Crippen LogP contribution in [0.1, 0.15) is 77.6 Å². The standard InChI is InChI=1S/C18H37NO3/c1-2-3-4-5-6-7-8-9-10-11-12-16(21)13-14-18(22)17(19)15-20/h13-14,16-18,20-22H,2-12,15,19H2,1H3/b14-13+/t16?,17-,18+/m0/s1. The zero-order valence-electron chi connectivity index (χ0n) is 14.3. The molecule has 0 heterocycles. The van der Waals surface area contributed by atoms with Gasteiger partial charge in [0.25, 0.3) is 0 Å². The van der Waals surface area contributed by atoms with Crippen molar-refractivity contribution < 1.29 is 15.3 Å². The topological polar surface area (TPSA) is 86.7 Å². The molecule has 0 spiro atoms. The summed E-state index contributed by atoms with van der Waals surface area (Å²) in [6.45, 7) is 1.98. The molecule has 0 rings (SSSR count). The van der Waals surface area contributed by atoms with Gasteiger partial charge in [0.15, 0.2) is 0 Å². The van der Waals surface area contributed by atoms with E-state index in [0.29, 0.717) is 6.42 Å². The van der Waals surface area contributed by atoms with Crippen molar-refractivity contribution in [1.82, 2.24) is 0 Å². The third kappa shape index (κ3) is 13.3. The summed E-state index contributed by atoms with van der Waals surface area (Å²) in [5, 5.41) is 28.1. The number of aliphatic hydroxyl groups is 3. The minimum atomic E-state index is -0.896. The fourth-order valence-electron chi connectivity index (χ4n) is 2.43. The fourth-order valence-corrected chi connectivity index (χ4v) is 2.43. The molecule has 0 aromatic rings. The highest BCUT2D eigenvalue weighted by atomic mass is 16.3. The van der Waals surface area contributed by atoms with E-state index < -0.39 is 18.2 Å². The van der Waals surface area contributed by atoms with Crippen LogP contribution < -0.4 is 5.73 Å². The summed E-state index contributed by atoms with van der Waals surface area (Å²) in [5.74, 6) is 0. The molecule has 0 saturated heterocycles. The Morgan fingerprint density at radius 2 is 1.32 bits per heavy atom. The minimum Gasteiger partial charge on any atom is -0.395 e. The maximum atomic E-state index is 9.77. The van der Waals surface area contributed by atoms with Gasteiger partial charge in [-0.25, -0.2) is 0 Å². The molecule has 0 amide bonds. The Hall–Kier alpha value is -0.420. The Balaban J connectivity index is 3.42. The first-order valence-electron chi connectivity index (χ1n) is 9.02. The number of rotatable bonds is 15. The van der Waals surface area contributed by atoms with E-state index in [2.05, 4.69) is 6.92 Å². The molecule has 4 nitrogen and oxygen atoms in total. The molecule has 132 valence electrons. The lowest BCUT2D eigenvalue weighted by molar-refractivity contribution is 0.141. The van der Waals surface area contributed by atoms with Crippen LogP contribution in [0.5, 0.6) is 0 Å². The number of aliphatic hydroxyl groups excluding tert-OH is 3. The molecule has 5 N–H and O–H groups in total. The van der Waals surface area contributed by atoms with E-state index in [1.807, 2.05) is 0 Å². The summed E-state index contributed by atoms with van der Waals surface area (Å²) in [4.78, 5) is 0. The average molecular weight is 315 g/mol. The third-order valence-corrected chi connectivity index (χ3v) is 4.03. The molecular formula is C18H37NO3. The molecule has 22 heavy (non-hydrogen) atoms. The quantitative estimate of drug-likeness (QED) is 0.276. The summed E-state index contributed by atoms with van der Waals surface area (Å²) < 4.78 is 0. The molecule has 0 aromatic heterocycles. The van der Waals surface area contributed by atoms with Crippen molar-refractivity contribution in [2.24, 2.45) is 5.73 Å². The summed E-state index contributed by atoms with van der Waals surface area (Å²) in [5.41, 5.74) is 5.48. The largest absolute Gasteiger partial charge is 0.395 e. The molecule has 4 heteroatoms. The van der Waals surface area contributed by atoms with Crippen LogP contribution in [0, 0.1) is 0 Å². The Bertz CT molecular complexity index is 259. The zero-order valence-corrected chi connectivity index (χ0v) is 14.3. The van der Waals surface area contributed by atoms with Crippen LogP contribution in [-0.4, -0.2) is 40.2 Å². The Kier molecular flexibility index (Phi) is 15.2. The van der Waals surface area contributed by atoms with E-state index >= 15 is 0 Å². The summed E-state index contributed by atoms with van der Waals surface area (Å²) in [7, 11) is 0. The summed E-state index contributed by atoms with van der Waals surface area (Å²) in [6.07, 6.45) is 15.1. The van der Waals surface area contributed by atoms with Gasteiger partial charge in [0.2, 0.25) is 0 Å². The average Bonchev–Trinajstić information content (AvgIpc) is 2.53. The van der Waals surface area contributed by atoms with Crippen LogP contribution in [0.3, 0.4) is 0 Å². The van der Waals surface area contributed by atoms with Crippen molar-refractivity contribution in [1.29, 1.82) is 0 Å². The number of hydrogen-bond donors (Lipinski definition) is 4. The van der Waals surface area contributed by atoms with Crippen LogP contribution in [0.15, 0.2) is 12.2 Å². The van der Waals surface area contributed by atoms with Gasteiger partial charge in [-0.3, -0.25) is 0 Å². The van der Waals surface area contributed by atoms with Gasteiger partial charge in [0.1, 0.15) is 0 Å². The van der Waals surface area contributed by atoms with Gasteiger partial charge in [-0.2, -0.15) is 0 Å².